The van der Waals surface area contributed by atoms with E-state index in [1.165, 1.54) is 13.2 Å². The summed E-state index contributed by atoms with van der Waals surface area (Å²) in [5, 5.41) is 0. The molecule has 0 unspecified atom stereocenters. The van der Waals surface area contributed by atoms with E-state index in [-0.39, 0.29) is 5.82 Å². The highest BCUT2D eigenvalue weighted by Crippen LogP contribution is 2.40. The Morgan fingerprint density at radius 2 is 1.74 bits per heavy atom. The number of rotatable bonds is 6. The van der Waals surface area contributed by atoms with Gasteiger partial charge in [0, 0.05) is 42.4 Å². The van der Waals surface area contributed by atoms with Gasteiger partial charge in [0.1, 0.15) is 23.9 Å². The van der Waals surface area contributed by atoms with Crippen molar-refractivity contribution >= 4 is 0 Å². The number of hydrogen-bond acceptors (Lipinski definition) is 5. The van der Waals surface area contributed by atoms with Gasteiger partial charge in [0.2, 0.25) is 0 Å². The van der Waals surface area contributed by atoms with Crippen LogP contribution in [0.4, 0.5) is 4.39 Å². The molecule has 3 aromatic rings. The summed E-state index contributed by atoms with van der Waals surface area (Å²) in [6.45, 7) is 2.25. The van der Waals surface area contributed by atoms with Gasteiger partial charge in [-0.1, -0.05) is 24.3 Å². The van der Waals surface area contributed by atoms with Crippen molar-refractivity contribution in [3.05, 3.63) is 71.5 Å². The first-order valence-electron chi connectivity index (χ1n) is 10.1. The number of halogens is 1. The van der Waals surface area contributed by atoms with Crippen molar-refractivity contribution in [2.24, 2.45) is 0 Å². The highest BCUT2D eigenvalue weighted by molar-refractivity contribution is 5.74. The van der Waals surface area contributed by atoms with Crippen LogP contribution >= 0.6 is 0 Å². The van der Waals surface area contributed by atoms with Crippen molar-refractivity contribution in [3.8, 4) is 34.1 Å². The predicted molar refractivity (Wildman–Crippen MR) is 118 cm³/mol. The number of para-hydroxylation sites is 1. The van der Waals surface area contributed by atoms with Crippen LogP contribution in [0.25, 0.3) is 11.1 Å². The molecule has 0 atom stereocenters. The van der Waals surface area contributed by atoms with Crippen LogP contribution in [0.1, 0.15) is 11.1 Å². The minimum absolute atomic E-state index is 0.273. The highest BCUT2D eigenvalue weighted by Gasteiger charge is 2.22. The monoisotopic (exact) mass is 423 g/mol. The van der Waals surface area contributed by atoms with Gasteiger partial charge >= 0.3 is 0 Å². The zero-order valence-corrected chi connectivity index (χ0v) is 18.0. The molecular weight excluding hydrogens is 397 g/mol. The Morgan fingerprint density at radius 3 is 2.48 bits per heavy atom. The number of ether oxygens (including phenoxy) is 4. The maximum atomic E-state index is 14.5. The van der Waals surface area contributed by atoms with E-state index in [1.54, 1.807) is 26.4 Å². The molecule has 0 aliphatic carbocycles. The van der Waals surface area contributed by atoms with Crippen molar-refractivity contribution in [2.45, 2.75) is 13.1 Å². The van der Waals surface area contributed by atoms with E-state index in [1.807, 2.05) is 30.3 Å². The van der Waals surface area contributed by atoms with Crippen LogP contribution in [-0.4, -0.2) is 39.4 Å². The van der Waals surface area contributed by atoms with Gasteiger partial charge in [-0.2, -0.15) is 0 Å². The Labute approximate surface area is 181 Å². The molecule has 0 radical (unpaired) electrons. The van der Waals surface area contributed by atoms with Crippen LogP contribution in [-0.2, 0) is 13.1 Å². The molecular formula is C25H26FNO4. The van der Waals surface area contributed by atoms with Crippen LogP contribution in [0, 0.1) is 5.82 Å². The molecule has 0 fully saturated rings. The quantitative estimate of drug-likeness (QED) is 0.563. The SMILES string of the molecule is COc1ccc(CN2CCOc3c(cc(-c4ccccc4OC)cc3OC)C2)c(F)c1. The second-order valence-electron chi connectivity index (χ2n) is 7.38. The Bertz CT molecular complexity index is 1070. The van der Waals surface area contributed by atoms with E-state index in [0.29, 0.717) is 43.3 Å². The minimum Gasteiger partial charge on any atom is -0.497 e. The third kappa shape index (κ3) is 4.44. The summed E-state index contributed by atoms with van der Waals surface area (Å²) in [6, 6.07) is 16.9. The molecule has 0 bridgehead atoms. The van der Waals surface area contributed by atoms with Gasteiger partial charge in [-0.25, -0.2) is 4.39 Å². The largest absolute Gasteiger partial charge is 0.497 e. The molecule has 4 rings (SSSR count). The van der Waals surface area contributed by atoms with Crippen molar-refractivity contribution in [1.29, 1.82) is 0 Å². The van der Waals surface area contributed by atoms with E-state index in [4.69, 9.17) is 18.9 Å². The zero-order valence-electron chi connectivity index (χ0n) is 18.0. The zero-order chi connectivity index (χ0) is 21.8. The fourth-order valence-electron chi connectivity index (χ4n) is 3.89. The van der Waals surface area contributed by atoms with Gasteiger partial charge in [0.05, 0.1) is 21.3 Å². The number of fused-ring (bicyclic) bond motifs is 1. The molecule has 1 aliphatic rings. The first-order chi connectivity index (χ1) is 15.1. The number of hydrogen-bond donors (Lipinski definition) is 0. The molecule has 0 saturated heterocycles. The topological polar surface area (TPSA) is 40.2 Å². The summed E-state index contributed by atoms with van der Waals surface area (Å²) >= 11 is 0. The molecule has 5 nitrogen and oxygen atoms in total. The lowest BCUT2D eigenvalue weighted by molar-refractivity contribution is 0.215. The molecule has 31 heavy (non-hydrogen) atoms. The fourth-order valence-corrected chi connectivity index (χ4v) is 3.89. The van der Waals surface area contributed by atoms with Crippen LogP contribution in [0.2, 0.25) is 0 Å². The number of benzene rings is 3. The maximum absolute atomic E-state index is 14.5. The minimum atomic E-state index is -0.273. The summed E-state index contributed by atoms with van der Waals surface area (Å²) < 4.78 is 36.8. The third-order valence-electron chi connectivity index (χ3n) is 5.47. The normalized spacial score (nSPS) is 13.7. The van der Waals surface area contributed by atoms with Gasteiger partial charge < -0.3 is 18.9 Å². The Hall–Kier alpha value is -3.25. The van der Waals surface area contributed by atoms with Crippen LogP contribution in [0.3, 0.4) is 0 Å². The molecule has 1 aliphatic heterocycles. The maximum Gasteiger partial charge on any atom is 0.165 e. The van der Waals surface area contributed by atoms with E-state index in [0.717, 1.165) is 28.2 Å². The Kier molecular flexibility index (Phi) is 6.28. The molecule has 1 heterocycles. The van der Waals surface area contributed by atoms with E-state index in [2.05, 4.69) is 11.0 Å². The smallest absolute Gasteiger partial charge is 0.165 e. The number of nitrogens with zero attached hydrogens (tertiary/aromatic N) is 1. The predicted octanol–water partition coefficient (Wildman–Crippen LogP) is 4.91. The first kappa shape index (κ1) is 21.0. The average molecular weight is 423 g/mol. The van der Waals surface area contributed by atoms with Crippen molar-refractivity contribution < 1.29 is 23.3 Å². The van der Waals surface area contributed by atoms with Gasteiger partial charge in [-0.05, 0) is 29.8 Å². The van der Waals surface area contributed by atoms with Crippen LogP contribution in [0.5, 0.6) is 23.0 Å². The van der Waals surface area contributed by atoms with Crippen LogP contribution in [0.15, 0.2) is 54.6 Å². The molecule has 162 valence electrons. The molecule has 0 spiro atoms. The standard InChI is InChI=1S/C25H26FNO4/c1-28-20-9-8-17(22(26)14-20)15-27-10-11-31-25-19(16-27)12-18(13-24(25)30-3)21-6-4-5-7-23(21)29-2/h4-9,12-14H,10-11,15-16H2,1-3H3. The summed E-state index contributed by atoms with van der Waals surface area (Å²) in [6.07, 6.45) is 0. The summed E-state index contributed by atoms with van der Waals surface area (Å²) in [5.74, 6) is 2.44. The van der Waals surface area contributed by atoms with Crippen molar-refractivity contribution in [3.63, 3.8) is 0 Å². The second kappa shape index (κ2) is 9.27. The third-order valence-corrected chi connectivity index (χ3v) is 5.47. The molecule has 0 aromatic heterocycles. The van der Waals surface area contributed by atoms with Gasteiger partial charge in [-0.3, -0.25) is 4.90 Å². The van der Waals surface area contributed by atoms with E-state index >= 15 is 0 Å². The van der Waals surface area contributed by atoms with E-state index < -0.39 is 0 Å². The molecule has 0 saturated carbocycles. The second-order valence-corrected chi connectivity index (χ2v) is 7.38. The molecule has 0 amide bonds. The lowest BCUT2D eigenvalue weighted by atomic mass is 10.0. The summed E-state index contributed by atoms with van der Waals surface area (Å²) in [7, 11) is 4.83. The summed E-state index contributed by atoms with van der Waals surface area (Å²) in [4.78, 5) is 2.17. The molecule has 6 heteroatoms. The fraction of sp³-hybridized carbons (Fsp3) is 0.280. The molecule has 0 N–H and O–H groups in total. The lowest BCUT2D eigenvalue weighted by Gasteiger charge is -2.20. The van der Waals surface area contributed by atoms with Gasteiger partial charge in [-0.15, -0.1) is 0 Å². The van der Waals surface area contributed by atoms with Gasteiger partial charge in [0.25, 0.3) is 0 Å². The average Bonchev–Trinajstić information content (AvgIpc) is 3.01. The van der Waals surface area contributed by atoms with Crippen molar-refractivity contribution in [1.82, 2.24) is 4.90 Å². The molecule has 3 aromatic carbocycles. The van der Waals surface area contributed by atoms with Crippen molar-refractivity contribution in [2.75, 3.05) is 34.5 Å². The Morgan fingerprint density at radius 1 is 0.935 bits per heavy atom. The van der Waals surface area contributed by atoms with Crippen LogP contribution < -0.4 is 18.9 Å². The van der Waals surface area contributed by atoms with E-state index in [9.17, 15) is 4.39 Å². The summed E-state index contributed by atoms with van der Waals surface area (Å²) in [5.41, 5.74) is 3.57. The first-order valence-corrected chi connectivity index (χ1v) is 10.1. The number of methoxy groups -OCH3 is 3. The lowest BCUT2D eigenvalue weighted by Crippen LogP contribution is -2.25. The van der Waals surface area contributed by atoms with Gasteiger partial charge in [0.15, 0.2) is 11.5 Å². The highest BCUT2D eigenvalue weighted by atomic mass is 19.1. The Balaban J connectivity index is 1.67.